The summed E-state index contributed by atoms with van der Waals surface area (Å²) in [6.45, 7) is 1.75. The summed E-state index contributed by atoms with van der Waals surface area (Å²) in [5.74, 6) is -0.992. The highest BCUT2D eigenvalue weighted by Crippen LogP contribution is 2.23. The third kappa shape index (κ3) is 2.04. The standard InChI is InChI=1S/C10H8ClNO2/c1-6-2-3-9(11)7(4-10(13)14)8(6)5-12/h2-3H,4H2,1H3,(H,13,14). The normalized spacial score (nSPS) is 9.50. The average Bonchev–Trinajstić information content (AvgIpc) is 2.11. The van der Waals surface area contributed by atoms with Crippen LogP contribution in [0.25, 0.3) is 0 Å². The summed E-state index contributed by atoms with van der Waals surface area (Å²) < 4.78 is 0. The van der Waals surface area contributed by atoms with Gasteiger partial charge in [-0.25, -0.2) is 0 Å². The maximum absolute atomic E-state index is 10.5. The Morgan fingerprint density at radius 3 is 2.79 bits per heavy atom. The highest BCUT2D eigenvalue weighted by Gasteiger charge is 2.12. The van der Waals surface area contributed by atoms with Gasteiger partial charge in [0.25, 0.3) is 0 Å². The van der Waals surface area contributed by atoms with E-state index in [4.69, 9.17) is 22.0 Å². The Balaban J connectivity index is 3.31. The fourth-order valence-corrected chi connectivity index (χ4v) is 1.44. The number of aryl methyl sites for hydroxylation is 1. The fraction of sp³-hybridized carbons (Fsp3) is 0.200. The van der Waals surface area contributed by atoms with Gasteiger partial charge in [-0.2, -0.15) is 5.26 Å². The fourth-order valence-electron chi connectivity index (χ4n) is 1.22. The monoisotopic (exact) mass is 209 g/mol. The van der Waals surface area contributed by atoms with Gasteiger partial charge >= 0.3 is 5.97 Å². The average molecular weight is 210 g/mol. The van der Waals surface area contributed by atoms with Gasteiger partial charge in [0, 0.05) is 5.02 Å². The molecule has 1 aromatic rings. The molecule has 14 heavy (non-hydrogen) atoms. The Labute approximate surface area is 86.5 Å². The molecule has 0 unspecified atom stereocenters. The number of benzene rings is 1. The quantitative estimate of drug-likeness (QED) is 0.812. The molecule has 0 heterocycles. The van der Waals surface area contributed by atoms with Crippen molar-refractivity contribution in [3.8, 4) is 6.07 Å². The minimum Gasteiger partial charge on any atom is -0.481 e. The number of aliphatic carboxylic acids is 1. The second-order valence-electron chi connectivity index (χ2n) is 2.90. The highest BCUT2D eigenvalue weighted by atomic mass is 35.5. The van der Waals surface area contributed by atoms with E-state index >= 15 is 0 Å². The van der Waals surface area contributed by atoms with Gasteiger partial charge < -0.3 is 5.11 Å². The molecule has 0 atom stereocenters. The lowest BCUT2D eigenvalue weighted by Gasteiger charge is -2.06. The summed E-state index contributed by atoms with van der Waals surface area (Å²) in [5.41, 5.74) is 1.50. The van der Waals surface area contributed by atoms with Crippen LogP contribution in [0, 0.1) is 18.3 Å². The van der Waals surface area contributed by atoms with Crippen LogP contribution in [0.1, 0.15) is 16.7 Å². The van der Waals surface area contributed by atoms with Crippen LogP contribution < -0.4 is 0 Å². The van der Waals surface area contributed by atoms with Gasteiger partial charge in [-0.15, -0.1) is 0 Å². The molecule has 0 aliphatic rings. The van der Waals surface area contributed by atoms with E-state index in [2.05, 4.69) is 0 Å². The van der Waals surface area contributed by atoms with Crippen molar-refractivity contribution in [1.29, 1.82) is 5.26 Å². The van der Waals surface area contributed by atoms with E-state index in [0.29, 0.717) is 16.1 Å². The van der Waals surface area contributed by atoms with Gasteiger partial charge in [0.15, 0.2) is 0 Å². The molecule has 1 rings (SSSR count). The molecule has 0 saturated heterocycles. The van der Waals surface area contributed by atoms with Crippen LogP contribution in [0.2, 0.25) is 5.02 Å². The molecular formula is C10H8ClNO2. The first-order valence-electron chi connectivity index (χ1n) is 3.96. The molecule has 1 N–H and O–H groups in total. The van der Waals surface area contributed by atoms with Crippen molar-refractivity contribution in [2.24, 2.45) is 0 Å². The maximum atomic E-state index is 10.5. The number of carbonyl (C=O) groups is 1. The van der Waals surface area contributed by atoms with Crippen molar-refractivity contribution in [3.05, 3.63) is 33.8 Å². The molecule has 0 bridgehead atoms. The maximum Gasteiger partial charge on any atom is 0.307 e. The largest absolute Gasteiger partial charge is 0.481 e. The second kappa shape index (κ2) is 4.12. The SMILES string of the molecule is Cc1ccc(Cl)c(CC(=O)O)c1C#N. The van der Waals surface area contributed by atoms with E-state index in [0.717, 1.165) is 5.56 Å². The van der Waals surface area contributed by atoms with E-state index in [1.165, 1.54) is 0 Å². The Morgan fingerprint density at radius 2 is 2.29 bits per heavy atom. The van der Waals surface area contributed by atoms with Gasteiger partial charge in [0.1, 0.15) is 0 Å². The molecule has 72 valence electrons. The first-order valence-corrected chi connectivity index (χ1v) is 4.34. The first kappa shape index (κ1) is 10.6. The van der Waals surface area contributed by atoms with Crippen LogP contribution in [0.5, 0.6) is 0 Å². The van der Waals surface area contributed by atoms with E-state index in [1.54, 1.807) is 19.1 Å². The van der Waals surface area contributed by atoms with E-state index < -0.39 is 5.97 Å². The van der Waals surface area contributed by atoms with Crippen molar-refractivity contribution in [2.75, 3.05) is 0 Å². The van der Waals surface area contributed by atoms with Gasteiger partial charge in [0.2, 0.25) is 0 Å². The van der Waals surface area contributed by atoms with Gasteiger partial charge in [-0.3, -0.25) is 4.79 Å². The zero-order valence-electron chi connectivity index (χ0n) is 7.54. The van der Waals surface area contributed by atoms with Gasteiger partial charge in [-0.05, 0) is 24.1 Å². The Kier molecular flexibility index (Phi) is 3.10. The predicted molar refractivity (Wildman–Crippen MR) is 52.2 cm³/mol. The summed E-state index contributed by atoms with van der Waals surface area (Å²) in [6, 6.07) is 5.27. The van der Waals surface area contributed by atoms with Crippen molar-refractivity contribution in [2.45, 2.75) is 13.3 Å². The lowest BCUT2D eigenvalue weighted by Crippen LogP contribution is -2.04. The second-order valence-corrected chi connectivity index (χ2v) is 3.31. The molecule has 0 saturated carbocycles. The third-order valence-electron chi connectivity index (χ3n) is 1.90. The summed E-state index contributed by atoms with van der Waals surface area (Å²) >= 11 is 5.81. The van der Waals surface area contributed by atoms with Crippen molar-refractivity contribution >= 4 is 17.6 Å². The number of nitriles is 1. The number of rotatable bonds is 2. The molecule has 1 aromatic carbocycles. The Hall–Kier alpha value is -1.53. The van der Waals surface area contributed by atoms with Crippen LogP contribution in [0.3, 0.4) is 0 Å². The van der Waals surface area contributed by atoms with Crippen LogP contribution in [0.4, 0.5) is 0 Å². The van der Waals surface area contributed by atoms with Crippen molar-refractivity contribution in [1.82, 2.24) is 0 Å². The summed E-state index contributed by atoms with van der Waals surface area (Å²) in [6.07, 6.45) is -0.219. The number of hydrogen-bond donors (Lipinski definition) is 1. The first-order chi connectivity index (χ1) is 6.56. The zero-order chi connectivity index (χ0) is 10.7. The molecule has 3 nitrogen and oxygen atoms in total. The highest BCUT2D eigenvalue weighted by molar-refractivity contribution is 6.31. The van der Waals surface area contributed by atoms with Gasteiger partial charge in [-0.1, -0.05) is 17.7 Å². The minimum atomic E-state index is -0.992. The zero-order valence-corrected chi connectivity index (χ0v) is 8.30. The number of halogens is 1. The summed E-state index contributed by atoms with van der Waals surface area (Å²) in [4.78, 5) is 10.5. The lowest BCUT2D eigenvalue weighted by atomic mass is 10.0. The summed E-state index contributed by atoms with van der Waals surface area (Å²) in [5, 5.41) is 17.8. The van der Waals surface area contributed by atoms with Crippen molar-refractivity contribution in [3.63, 3.8) is 0 Å². The minimum absolute atomic E-state index is 0.219. The lowest BCUT2D eigenvalue weighted by molar-refractivity contribution is -0.136. The number of nitrogens with zero attached hydrogens (tertiary/aromatic N) is 1. The summed E-state index contributed by atoms with van der Waals surface area (Å²) in [7, 11) is 0. The smallest absolute Gasteiger partial charge is 0.307 e. The van der Waals surface area contributed by atoms with Crippen LogP contribution in [-0.4, -0.2) is 11.1 Å². The van der Waals surface area contributed by atoms with Gasteiger partial charge in [0.05, 0.1) is 18.1 Å². The molecule has 0 radical (unpaired) electrons. The number of hydrogen-bond acceptors (Lipinski definition) is 2. The molecular weight excluding hydrogens is 202 g/mol. The van der Waals surface area contributed by atoms with E-state index in [9.17, 15) is 4.79 Å². The predicted octanol–water partition coefficient (Wildman–Crippen LogP) is 2.15. The molecule has 0 aliphatic carbocycles. The van der Waals surface area contributed by atoms with Crippen LogP contribution in [0.15, 0.2) is 12.1 Å². The number of carboxylic acid groups (broad SMARTS) is 1. The Morgan fingerprint density at radius 1 is 1.64 bits per heavy atom. The molecule has 0 fully saturated rings. The third-order valence-corrected chi connectivity index (χ3v) is 2.26. The number of carboxylic acids is 1. The molecule has 0 amide bonds. The Bertz CT molecular complexity index is 421. The van der Waals surface area contributed by atoms with Crippen molar-refractivity contribution < 1.29 is 9.90 Å². The van der Waals surface area contributed by atoms with E-state index in [1.807, 2.05) is 6.07 Å². The molecule has 0 aliphatic heterocycles. The molecule has 0 aromatic heterocycles. The van der Waals surface area contributed by atoms with Crippen LogP contribution in [-0.2, 0) is 11.2 Å². The van der Waals surface area contributed by atoms with E-state index in [-0.39, 0.29) is 6.42 Å². The van der Waals surface area contributed by atoms with Crippen LogP contribution >= 0.6 is 11.6 Å². The topological polar surface area (TPSA) is 61.1 Å². The molecule has 0 spiro atoms. The molecule has 4 heteroatoms.